The molecule has 2 rings (SSSR count). The molecule has 0 saturated carbocycles. The summed E-state index contributed by atoms with van der Waals surface area (Å²) in [5.41, 5.74) is 1.02. The van der Waals surface area contributed by atoms with Gasteiger partial charge in [0.1, 0.15) is 11.5 Å². The minimum Gasteiger partial charge on any atom is -0.497 e. The molecule has 2 aromatic carbocycles. The summed E-state index contributed by atoms with van der Waals surface area (Å²) >= 11 is 9.24. The Hall–Kier alpha value is -1.72. The van der Waals surface area contributed by atoms with E-state index in [2.05, 4.69) is 21.2 Å². The largest absolute Gasteiger partial charge is 0.497 e. The molecular formula is C15H13BrClNO3. The number of carbonyl (C=O) groups is 1. The predicted molar refractivity (Wildman–Crippen MR) is 86.7 cm³/mol. The van der Waals surface area contributed by atoms with Gasteiger partial charge in [0, 0.05) is 10.2 Å². The molecule has 0 aliphatic heterocycles. The van der Waals surface area contributed by atoms with Crippen molar-refractivity contribution in [2.45, 2.75) is 0 Å². The van der Waals surface area contributed by atoms with Crippen LogP contribution in [0.15, 0.2) is 40.9 Å². The topological polar surface area (TPSA) is 47.6 Å². The van der Waals surface area contributed by atoms with Crippen molar-refractivity contribution in [1.29, 1.82) is 0 Å². The molecule has 0 radical (unpaired) electrons. The minimum absolute atomic E-state index is 0.292. The molecule has 110 valence electrons. The Morgan fingerprint density at radius 2 is 1.90 bits per heavy atom. The smallest absolute Gasteiger partial charge is 0.259 e. The fourth-order valence-corrected chi connectivity index (χ4v) is 2.26. The molecule has 0 unspecified atom stereocenters. The van der Waals surface area contributed by atoms with Crippen molar-refractivity contribution in [3.05, 3.63) is 51.5 Å². The molecule has 0 bridgehead atoms. The maximum absolute atomic E-state index is 12.4. The van der Waals surface area contributed by atoms with E-state index >= 15 is 0 Å². The average Bonchev–Trinajstić information content (AvgIpc) is 2.50. The van der Waals surface area contributed by atoms with Gasteiger partial charge in [-0.25, -0.2) is 0 Å². The summed E-state index contributed by atoms with van der Waals surface area (Å²) in [4.78, 5) is 12.4. The van der Waals surface area contributed by atoms with Crippen LogP contribution in [0.4, 0.5) is 5.69 Å². The number of carbonyl (C=O) groups excluding carboxylic acids is 1. The van der Waals surface area contributed by atoms with Crippen molar-refractivity contribution in [3.8, 4) is 11.5 Å². The first-order chi connectivity index (χ1) is 10.0. The molecule has 0 saturated heterocycles. The lowest BCUT2D eigenvalue weighted by atomic mass is 10.1. The first-order valence-electron chi connectivity index (χ1n) is 6.03. The second-order valence-corrected chi connectivity index (χ2v) is 5.41. The van der Waals surface area contributed by atoms with Crippen LogP contribution in [0.25, 0.3) is 0 Å². The van der Waals surface area contributed by atoms with Crippen LogP contribution in [-0.2, 0) is 0 Å². The normalized spacial score (nSPS) is 10.1. The second kappa shape index (κ2) is 6.83. The van der Waals surface area contributed by atoms with Gasteiger partial charge in [-0.1, -0.05) is 11.6 Å². The number of rotatable bonds is 4. The molecule has 1 N–H and O–H groups in total. The number of halogens is 2. The van der Waals surface area contributed by atoms with Crippen molar-refractivity contribution in [3.63, 3.8) is 0 Å². The fourth-order valence-electron chi connectivity index (χ4n) is 1.76. The summed E-state index contributed by atoms with van der Waals surface area (Å²) in [6, 6.07) is 10.2. The zero-order valence-corrected chi connectivity index (χ0v) is 13.8. The molecule has 0 atom stereocenters. The number of benzene rings is 2. The SMILES string of the molecule is COc1ccc(OC)c(C(=O)Nc2ccc(Cl)c(Br)c2)c1. The third-order valence-corrected chi connectivity index (χ3v) is 4.04. The molecule has 1 amide bonds. The van der Waals surface area contributed by atoms with Crippen LogP contribution < -0.4 is 14.8 Å². The first kappa shape index (κ1) is 15.7. The molecule has 4 nitrogen and oxygen atoms in total. The third kappa shape index (κ3) is 3.68. The van der Waals surface area contributed by atoms with Crippen molar-refractivity contribution >= 4 is 39.1 Å². The van der Waals surface area contributed by atoms with Crippen LogP contribution >= 0.6 is 27.5 Å². The molecule has 0 aliphatic rings. The van der Waals surface area contributed by atoms with Crippen molar-refractivity contribution in [2.24, 2.45) is 0 Å². The van der Waals surface area contributed by atoms with Crippen LogP contribution in [0, 0.1) is 0 Å². The Morgan fingerprint density at radius 1 is 1.14 bits per heavy atom. The highest BCUT2D eigenvalue weighted by Crippen LogP contribution is 2.28. The Balaban J connectivity index is 2.28. The number of nitrogens with one attached hydrogen (secondary N) is 1. The van der Waals surface area contributed by atoms with Gasteiger partial charge in [-0.2, -0.15) is 0 Å². The zero-order valence-electron chi connectivity index (χ0n) is 11.4. The molecule has 21 heavy (non-hydrogen) atoms. The Morgan fingerprint density at radius 3 is 2.52 bits per heavy atom. The standard InChI is InChI=1S/C15H13BrClNO3/c1-20-10-4-6-14(21-2)11(8-10)15(19)18-9-3-5-13(17)12(16)7-9/h3-8H,1-2H3,(H,18,19). The molecule has 0 fully saturated rings. The maximum atomic E-state index is 12.4. The molecular weight excluding hydrogens is 358 g/mol. The Bertz CT molecular complexity index is 676. The van der Waals surface area contributed by atoms with Gasteiger partial charge in [-0.05, 0) is 52.3 Å². The van der Waals surface area contributed by atoms with Crippen LogP contribution in [-0.4, -0.2) is 20.1 Å². The van der Waals surface area contributed by atoms with Crippen LogP contribution in [0.5, 0.6) is 11.5 Å². The highest BCUT2D eigenvalue weighted by molar-refractivity contribution is 9.10. The summed E-state index contributed by atoms with van der Waals surface area (Å²) in [7, 11) is 3.05. The molecule has 6 heteroatoms. The van der Waals surface area contributed by atoms with E-state index in [4.69, 9.17) is 21.1 Å². The van der Waals surface area contributed by atoms with Crippen molar-refractivity contribution in [1.82, 2.24) is 0 Å². The molecule has 0 aliphatic carbocycles. The van der Waals surface area contributed by atoms with Crippen molar-refractivity contribution < 1.29 is 14.3 Å². The highest BCUT2D eigenvalue weighted by atomic mass is 79.9. The van der Waals surface area contributed by atoms with Gasteiger partial charge in [0.25, 0.3) is 5.91 Å². The van der Waals surface area contributed by atoms with Gasteiger partial charge in [-0.3, -0.25) is 4.79 Å². The quantitative estimate of drug-likeness (QED) is 0.869. The van der Waals surface area contributed by atoms with E-state index in [9.17, 15) is 4.79 Å². The molecule has 2 aromatic rings. The van der Waals surface area contributed by atoms with Gasteiger partial charge >= 0.3 is 0 Å². The monoisotopic (exact) mass is 369 g/mol. The number of ether oxygens (including phenoxy) is 2. The van der Waals surface area contributed by atoms with E-state index in [0.717, 1.165) is 0 Å². The van der Waals surface area contributed by atoms with Gasteiger partial charge in [0.05, 0.1) is 24.8 Å². The van der Waals surface area contributed by atoms with Crippen LogP contribution in [0.2, 0.25) is 5.02 Å². The first-order valence-corrected chi connectivity index (χ1v) is 7.20. The van der Waals surface area contributed by atoms with Gasteiger partial charge < -0.3 is 14.8 Å². The lowest BCUT2D eigenvalue weighted by Crippen LogP contribution is -2.13. The number of hydrogen-bond donors (Lipinski definition) is 1. The summed E-state index contributed by atoms with van der Waals surface area (Å²) in [5, 5.41) is 3.37. The second-order valence-electron chi connectivity index (χ2n) is 4.15. The van der Waals surface area contributed by atoms with E-state index in [1.54, 1.807) is 43.5 Å². The van der Waals surface area contributed by atoms with E-state index < -0.39 is 0 Å². The highest BCUT2D eigenvalue weighted by Gasteiger charge is 2.14. The number of amides is 1. The molecule has 0 aromatic heterocycles. The fraction of sp³-hybridized carbons (Fsp3) is 0.133. The van der Waals surface area contributed by atoms with Crippen LogP contribution in [0.3, 0.4) is 0 Å². The van der Waals surface area contributed by atoms with Crippen LogP contribution in [0.1, 0.15) is 10.4 Å². The summed E-state index contributed by atoms with van der Waals surface area (Å²) in [6.45, 7) is 0. The zero-order chi connectivity index (χ0) is 15.4. The van der Waals surface area contributed by atoms with E-state index in [1.807, 2.05) is 0 Å². The van der Waals surface area contributed by atoms with Gasteiger partial charge in [0.15, 0.2) is 0 Å². The van der Waals surface area contributed by atoms with E-state index in [0.29, 0.717) is 32.2 Å². The predicted octanol–water partition coefficient (Wildman–Crippen LogP) is 4.37. The van der Waals surface area contributed by atoms with Gasteiger partial charge in [0.2, 0.25) is 0 Å². The minimum atomic E-state index is -0.292. The van der Waals surface area contributed by atoms with Gasteiger partial charge in [-0.15, -0.1) is 0 Å². The summed E-state index contributed by atoms with van der Waals surface area (Å²) in [6.07, 6.45) is 0. The number of anilines is 1. The summed E-state index contributed by atoms with van der Waals surface area (Å²) in [5.74, 6) is 0.763. The van der Waals surface area contributed by atoms with E-state index in [1.165, 1.54) is 7.11 Å². The molecule has 0 spiro atoms. The average molecular weight is 371 g/mol. The van der Waals surface area contributed by atoms with E-state index in [-0.39, 0.29) is 5.91 Å². The third-order valence-electron chi connectivity index (χ3n) is 2.83. The summed E-state index contributed by atoms with van der Waals surface area (Å²) < 4.78 is 11.0. The Kier molecular flexibility index (Phi) is 5.09. The molecule has 0 heterocycles. The number of hydrogen-bond acceptors (Lipinski definition) is 3. The lowest BCUT2D eigenvalue weighted by Gasteiger charge is -2.11. The van der Waals surface area contributed by atoms with Crippen molar-refractivity contribution in [2.75, 3.05) is 19.5 Å². The number of methoxy groups -OCH3 is 2. The Labute approximate surface area is 136 Å². The lowest BCUT2D eigenvalue weighted by molar-refractivity contribution is 0.102. The maximum Gasteiger partial charge on any atom is 0.259 e.